The second-order valence-electron chi connectivity index (χ2n) is 9.70. The SMILES string of the molecule is CNc1cc(-c2cc(N3CCN(C)CC3C)[nH]c(=O)c2)c(C)cn1.O=CC1CC1.O=Cc1ccc(F)cc1. The molecule has 1 unspecified atom stereocenters. The van der Waals surface area contributed by atoms with Gasteiger partial charge in [0.2, 0.25) is 5.56 Å². The highest BCUT2D eigenvalue weighted by atomic mass is 19.1. The zero-order chi connectivity index (χ0) is 27.7. The number of benzene rings is 1. The number of aromatic nitrogens is 2. The number of rotatable bonds is 5. The molecule has 5 rings (SSSR count). The fourth-order valence-corrected chi connectivity index (χ4v) is 4.08. The van der Waals surface area contributed by atoms with Crippen LogP contribution < -0.4 is 15.8 Å². The van der Waals surface area contributed by atoms with Gasteiger partial charge in [0.1, 0.15) is 30.0 Å². The second-order valence-corrected chi connectivity index (χ2v) is 9.70. The molecule has 0 amide bonds. The maximum Gasteiger partial charge on any atom is 0.250 e. The van der Waals surface area contributed by atoms with Crippen molar-refractivity contribution in [1.82, 2.24) is 14.9 Å². The third-order valence-corrected chi connectivity index (χ3v) is 6.46. The van der Waals surface area contributed by atoms with Crippen molar-refractivity contribution >= 4 is 24.2 Å². The largest absolute Gasteiger partial charge is 0.373 e. The first-order valence-electron chi connectivity index (χ1n) is 12.7. The first-order chi connectivity index (χ1) is 18.2. The van der Waals surface area contributed by atoms with E-state index in [4.69, 9.17) is 0 Å². The Bertz CT molecular complexity index is 1270. The average molecular weight is 522 g/mol. The molecule has 1 atom stereocenters. The molecule has 1 saturated carbocycles. The van der Waals surface area contributed by atoms with Gasteiger partial charge in [0.25, 0.3) is 0 Å². The van der Waals surface area contributed by atoms with Crippen LogP contribution in [0.4, 0.5) is 16.0 Å². The van der Waals surface area contributed by atoms with E-state index >= 15 is 0 Å². The highest BCUT2D eigenvalue weighted by Crippen LogP contribution is 2.27. The number of nitrogens with one attached hydrogen (secondary N) is 2. The highest BCUT2D eigenvalue weighted by molar-refractivity contribution is 5.74. The Morgan fingerprint density at radius 3 is 2.37 bits per heavy atom. The van der Waals surface area contributed by atoms with Crippen LogP contribution in [-0.4, -0.2) is 67.2 Å². The molecule has 2 fully saturated rings. The van der Waals surface area contributed by atoms with E-state index in [2.05, 4.69) is 45.1 Å². The van der Waals surface area contributed by atoms with E-state index in [9.17, 15) is 18.8 Å². The van der Waals surface area contributed by atoms with Crippen LogP contribution in [0.5, 0.6) is 0 Å². The molecule has 0 bridgehead atoms. The van der Waals surface area contributed by atoms with Crippen LogP contribution in [0.25, 0.3) is 11.1 Å². The minimum Gasteiger partial charge on any atom is -0.373 e. The van der Waals surface area contributed by atoms with Gasteiger partial charge in [-0.05, 0) is 86.8 Å². The van der Waals surface area contributed by atoms with Crippen LogP contribution in [0.2, 0.25) is 0 Å². The number of H-pyrrole nitrogens is 1. The average Bonchev–Trinajstić information content (AvgIpc) is 3.75. The van der Waals surface area contributed by atoms with Crippen LogP contribution in [0, 0.1) is 18.7 Å². The van der Waals surface area contributed by atoms with Crippen molar-refractivity contribution in [2.75, 3.05) is 43.9 Å². The zero-order valence-electron chi connectivity index (χ0n) is 22.4. The van der Waals surface area contributed by atoms with Crippen molar-refractivity contribution in [3.63, 3.8) is 0 Å². The minimum atomic E-state index is -0.319. The molecule has 38 heavy (non-hydrogen) atoms. The summed E-state index contributed by atoms with van der Waals surface area (Å²) in [6, 6.07) is 11.5. The Labute approximate surface area is 222 Å². The van der Waals surface area contributed by atoms with Gasteiger partial charge in [0, 0.05) is 56.5 Å². The van der Waals surface area contributed by atoms with Gasteiger partial charge in [-0.1, -0.05) is 0 Å². The number of likely N-dealkylation sites (N-methyl/N-ethyl adjacent to an activating group) is 1. The molecule has 1 aliphatic carbocycles. The number of hydrogen-bond acceptors (Lipinski definition) is 7. The lowest BCUT2D eigenvalue weighted by atomic mass is 10.0. The maximum absolute atomic E-state index is 12.2. The summed E-state index contributed by atoms with van der Waals surface area (Å²) < 4.78 is 12.1. The summed E-state index contributed by atoms with van der Waals surface area (Å²) in [5.74, 6) is 1.82. The molecule has 3 aromatic rings. The Balaban J connectivity index is 0.000000232. The quantitative estimate of drug-likeness (QED) is 0.487. The molecule has 0 spiro atoms. The van der Waals surface area contributed by atoms with Crippen LogP contribution in [0.15, 0.2) is 53.5 Å². The summed E-state index contributed by atoms with van der Waals surface area (Å²) in [6.07, 6.45) is 5.83. The normalized spacial score (nSPS) is 16.9. The molecule has 0 radical (unpaired) electrons. The van der Waals surface area contributed by atoms with Gasteiger partial charge >= 0.3 is 0 Å². The van der Waals surface area contributed by atoms with E-state index in [1.165, 1.54) is 24.3 Å². The molecule has 2 N–H and O–H groups in total. The molecule has 1 saturated heterocycles. The molecule has 3 heterocycles. The highest BCUT2D eigenvalue weighted by Gasteiger charge is 2.23. The van der Waals surface area contributed by atoms with E-state index < -0.39 is 0 Å². The number of aldehydes is 2. The van der Waals surface area contributed by atoms with Crippen molar-refractivity contribution in [3.8, 4) is 11.1 Å². The first kappa shape index (κ1) is 28.7. The van der Waals surface area contributed by atoms with E-state index in [1.54, 1.807) is 6.07 Å². The maximum atomic E-state index is 12.2. The topological polar surface area (TPSA) is 98.4 Å². The molecular formula is C29H36FN5O3. The van der Waals surface area contributed by atoms with Crippen molar-refractivity contribution in [2.45, 2.75) is 32.7 Å². The lowest BCUT2D eigenvalue weighted by Crippen LogP contribution is -2.51. The lowest BCUT2D eigenvalue weighted by molar-refractivity contribution is -0.108. The van der Waals surface area contributed by atoms with Crippen LogP contribution in [0.1, 0.15) is 35.7 Å². The number of piperazine rings is 1. The molecule has 1 aromatic carbocycles. The third kappa shape index (κ3) is 8.34. The van der Waals surface area contributed by atoms with Gasteiger partial charge in [0.15, 0.2) is 0 Å². The molecule has 1 aliphatic heterocycles. The lowest BCUT2D eigenvalue weighted by Gasteiger charge is -2.39. The van der Waals surface area contributed by atoms with Gasteiger partial charge < -0.3 is 24.9 Å². The van der Waals surface area contributed by atoms with Gasteiger partial charge in [-0.15, -0.1) is 0 Å². The fraction of sp³-hybridized carbons (Fsp3) is 0.379. The van der Waals surface area contributed by atoms with E-state index in [1.807, 2.05) is 26.2 Å². The second kappa shape index (κ2) is 13.6. The minimum absolute atomic E-state index is 0.0733. The number of carbonyl (C=O) groups excluding carboxylic acids is 2. The van der Waals surface area contributed by atoms with Crippen LogP contribution in [0.3, 0.4) is 0 Å². The predicted molar refractivity (Wildman–Crippen MR) is 149 cm³/mol. The zero-order valence-corrected chi connectivity index (χ0v) is 22.4. The molecule has 202 valence electrons. The first-order valence-corrected chi connectivity index (χ1v) is 12.7. The van der Waals surface area contributed by atoms with Crippen molar-refractivity contribution in [3.05, 3.63) is 76.0 Å². The Morgan fingerprint density at radius 2 is 1.82 bits per heavy atom. The monoisotopic (exact) mass is 521 g/mol. The number of halogens is 1. The van der Waals surface area contributed by atoms with Crippen molar-refractivity contribution in [1.29, 1.82) is 0 Å². The number of aryl methyl sites for hydroxylation is 1. The fourth-order valence-electron chi connectivity index (χ4n) is 4.08. The number of hydrogen-bond donors (Lipinski definition) is 2. The predicted octanol–water partition coefficient (Wildman–Crippen LogP) is 4.16. The summed E-state index contributed by atoms with van der Waals surface area (Å²) in [5, 5.41) is 3.06. The Kier molecular flexibility index (Phi) is 10.3. The summed E-state index contributed by atoms with van der Waals surface area (Å²) >= 11 is 0. The number of aromatic amines is 1. The van der Waals surface area contributed by atoms with Crippen LogP contribution in [-0.2, 0) is 4.79 Å². The Morgan fingerprint density at radius 1 is 1.11 bits per heavy atom. The van der Waals surface area contributed by atoms with Gasteiger partial charge in [0.05, 0.1) is 0 Å². The van der Waals surface area contributed by atoms with E-state index in [0.29, 0.717) is 23.8 Å². The summed E-state index contributed by atoms with van der Waals surface area (Å²) in [5.41, 5.74) is 3.43. The summed E-state index contributed by atoms with van der Waals surface area (Å²) in [6.45, 7) is 7.10. The summed E-state index contributed by atoms with van der Waals surface area (Å²) in [4.78, 5) is 43.7. The number of pyridine rings is 2. The summed E-state index contributed by atoms with van der Waals surface area (Å²) in [7, 11) is 3.98. The van der Waals surface area contributed by atoms with Gasteiger partial charge in [-0.25, -0.2) is 9.37 Å². The molecular weight excluding hydrogens is 485 g/mol. The van der Waals surface area contributed by atoms with Crippen molar-refractivity contribution in [2.24, 2.45) is 5.92 Å². The van der Waals surface area contributed by atoms with Gasteiger partial charge in [-0.3, -0.25) is 9.59 Å². The molecule has 8 nitrogen and oxygen atoms in total. The Hall–Kier alpha value is -3.85. The smallest absolute Gasteiger partial charge is 0.250 e. The number of carbonyl (C=O) groups is 2. The molecule has 2 aromatic heterocycles. The number of anilines is 2. The third-order valence-electron chi connectivity index (χ3n) is 6.46. The molecule has 9 heteroatoms. The standard InChI is InChI=1S/C18H25N5O.C7H5FO.C4H6O/c1-12-10-20-16(19-3)9-15(12)14-7-17(21-18(24)8-14)23-6-5-22(4)11-13(23)2;8-7-3-1-6(5-9)2-4-7;5-3-4-1-2-4/h7-10,13H,5-6,11H2,1-4H3,(H,19,20)(H,21,24);1-5H;3-4H,1-2H2. The van der Waals surface area contributed by atoms with Crippen LogP contribution >= 0.6 is 0 Å². The number of nitrogens with zero attached hydrogens (tertiary/aromatic N) is 3. The van der Waals surface area contributed by atoms with E-state index in [-0.39, 0.29) is 11.4 Å². The van der Waals surface area contributed by atoms with Gasteiger partial charge in [-0.2, -0.15) is 0 Å². The molecule has 2 aliphatic rings. The van der Waals surface area contributed by atoms with E-state index in [0.717, 1.165) is 67.1 Å². The van der Waals surface area contributed by atoms with Crippen molar-refractivity contribution < 1.29 is 14.0 Å².